The second-order valence-corrected chi connectivity index (χ2v) is 4.03. The lowest BCUT2D eigenvalue weighted by molar-refractivity contribution is -0.141. The van der Waals surface area contributed by atoms with Crippen LogP contribution in [0.5, 0.6) is 0 Å². The lowest BCUT2D eigenvalue weighted by atomic mass is 10.2. The molecule has 2 heterocycles. The molecule has 3 nitrogen and oxygen atoms in total. The molecule has 1 N–H and O–H groups in total. The Hall–Kier alpha value is -1.30. The van der Waals surface area contributed by atoms with Crippen molar-refractivity contribution >= 4 is 5.82 Å². The number of nitrogens with zero attached hydrogens (tertiary/aromatic N) is 2. The predicted octanol–water partition coefficient (Wildman–Crippen LogP) is 2.19. The molecular formula is C11H13F3N2O. The monoisotopic (exact) mass is 246 g/mol. The number of pyridine rings is 1. The van der Waals surface area contributed by atoms with Crippen LogP contribution in [0.4, 0.5) is 19.0 Å². The molecule has 2 rings (SSSR count). The SMILES string of the molecule is OCc1ccc(C(F)(F)F)nc1N1CCCC1. The standard InChI is InChI=1S/C11H13F3N2O/c12-11(13,14)9-4-3-8(7-17)10(15-9)16-5-1-2-6-16/h3-4,17H,1-2,5-7H2. The summed E-state index contributed by atoms with van der Waals surface area (Å²) >= 11 is 0. The number of aromatic nitrogens is 1. The van der Waals surface area contributed by atoms with Crippen molar-refractivity contribution in [3.05, 3.63) is 23.4 Å². The molecule has 17 heavy (non-hydrogen) atoms. The number of hydrogen-bond donors (Lipinski definition) is 1. The van der Waals surface area contributed by atoms with Crippen LogP contribution in [0.15, 0.2) is 12.1 Å². The van der Waals surface area contributed by atoms with Crippen molar-refractivity contribution in [2.75, 3.05) is 18.0 Å². The molecule has 0 radical (unpaired) electrons. The number of hydrogen-bond acceptors (Lipinski definition) is 3. The van der Waals surface area contributed by atoms with E-state index in [9.17, 15) is 13.2 Å². The van der Waals surface area contributed by atoms with Crippen molar-refractivity contribution in [3.8, 4) is 0 Å². The molecule has 0 aliphatic carbocycles. The Labute approximate surface area is 96.9 Å². The number of alkyl halides is 3. The number of aliphatic hydroxyl groups is 1. The summed E-state index contributed by atoms with van der Waals surface area (Å²) in [5, 5.41) is 9.12. The molecule has 1 aromatic heterocycles. The van der Waals surface area contributed by atoms with E-state index in [4.69, 9.17) is 5.11 Å². The smallest absolute Gasteiger partial charge is 0.392 e. The van der Waals surface area contributed by atoms with Gasteiger partial charge in [0.25, 0.3) is 0 Å². The average molecular weight is 246 g/mol. The van der Waals surface area contributed by atoms with Crippen molar-refractivity contribution in [1.82, 2.24) is 4.98 Å². The van der Waals surface area contributed by atoms with Crippen molar-refractivity contribution in [2.45, 2.75) is 25.6 Å². The first kappa shape index (κ1) is 12.2. The fourth-order valence-electron chi connectivity index (χ4n) is 1.96. The molecule has 94 valence electrons. The zero-order valence-corrected chi connectivity index (χ0v) is 9.17. The summed E-state index contributed by atoms with van der Waals surface area (Å²) < 4.78 is 37.6. The van der Waals surface area contributed by atoms with E-state index in [0.29, 0.717) is 18.7 Å². The van der Waals surface area contributed by atoms with Gasteiger partial charge in [-0.1, -0.05) is 6.07 Å². The van der Waals surface area contributed by atoms with Gasteiger partial charge in [-0.05, 0) is 18.9 Å². The minimum Gasteiger partial charge on any atom is -0.392 e. The van der Waals surface area contributed by atoms with Crippen LogP contribution >= 0.6 is 0 Å². The van der Waals surface area contributed by atoms with E-state index in [1.807, 2.05) is 0 Å². The molecular weight excluding hydrogens is 233 g/mol. The van der Waals surface area contributed by atoms with E-state index in [1.165, 1.54) is 6.07 Å². The highest BCUT2D eigenvalue weighted by atomic mass is 19.4. The van der Waals surface area contributed by atoms with Gasteiger partial charge in [-0.2, -0.15) is 13.2 Å². The highest BCUT2D eigenvalue weighted by Gasteiger charge is 2.33. The molecule has 0 saturated carbocycles. The maximum absolute atomic E-state index is 12.5. The summed E-state index contributed by atoms with van der Waals surface area (Å²) in [5.74, 6) is 0.264. The third-order valence-corrected chi connectivity index (χ3v) is 2.82. The molecule has 1 aromatic rings. The van der Waals surface area contributed by atoms with Gasteiger partial charge in [0.1, 0.15) is 11.5 Å². The third-order valence-electron chi connectivity index (χ3n) is 2.82. The molecule has 0 bridgehead atoms. The minimum atomic E-state index is -4.44. The number of anilines is 1. The van der Waals surface area contributed by atoms with Gasteiger partial charge in [-0.25, -0.2) is 4.98 Å². The fraction of sp³-hybridized carbons (Fsp3) is 0.545. The Kier molecular flexibility index (Phi) is 3.24. The van der Waals surface area contributed by atoms with Crippen molar-refractivity contribution < 1.29 is 18.3 Å². The highest BCUT2D eigenvalue weighted by molar-refractivity contribution is 5.48. The van der Waals surface area contributed by atoms with E-state index in [1.54, 1.807) is 4.90 Å². The first-order chi connectivity index (χ1) is 8.02. The van der Waals surface area contributed by atoms with Gasteiger partial charge in [0, 0.05) is 18.7 Å². The summed E-state index contributed by atoms with van der Waals surface area (Å²) in [6, 6.07) is 2.20. The molecule has 0 unspecified atom stereocenters. The van der Waals surface area contributed by atoms with Gasteiger partial charge in [0.15, 0.2) is 0 Å². The van der Waals surface area contributed by atoms with Crippen LogP contribution in [0.2, 0.25) is 0 Å². The van der Waals surface area contributed by atoms with E-state index < -0.39 is 11.9 Å². The molecule has 0 aromatic carbocycles. The second kappa shape index (κ2) is 4.52. The second-order valence-electron chi connectivity index (χ2n) is 4.03. The van der Waals surface area contributed by atoms with Gasteiger partial charge in [-0.3, -0.25) is 0 Å². The quantitative estimate of drug-likeness (QED) is 0.869. The predicted molar refractivity (Wildman–Crippen MR) is 56.6 cm³/mol. The van der Waals surface area contributed by atoms with E-state index in [-0.39, 0.29) is 12.4 Å². The highest BCUT2D eigenvalue weighted by Crippen LogP contribution is 2.31. The average Bonchev–Trinajstić information content (AvgIpc) is 2.80. The molecule has 6 heteroatoms. The zero-order chi connectivity index (χ0) is 12.5. The number of aliphatic hydroxyl groups excluding tert-OH is 1. The minimum absolute atomic E-state index is 0.264. The summed E-state index contributed by atoms with van der Waals surface area (Å²) in [4.78, 5) is 5.43. The van der Waals surface area contributed by atoms with Crippen LogP contribution in [-0.2, 0) is 12.8 Å². The largest absolute Gasteiger partial charge is 0.433 e. The first-order valence-corrected chi connectivity index (χ1v) is 5.45. The lowest BCUT2D eigenvalue weighted by Crippen LogP contribution is -2.22. The Morgan fingerprint density at radius 3 is 2.41 bits per heavy atom. The Morgan fingerprint density at radius 1 is 1.24 bits per heavy atom. The normalized spacial score (nSPS) is 16.6. The molecule has 0 atom stereocenters. The van der Waals surface area contributed by atoms with Crippen LogP contribution in [0.1, 0.15) is 24.1 Å². The maximum atomic E-state index is 12.5. The van der Waals surface area contributed by atoms with Crippen molar-refractivity contribution in [1.29, 1.82) is 0 Å². The van der Waals surface area contributed by atoms with Gasteiger partial charge >= 0.3 is 6.18 Å². The van der Waals surface area contributed by atoms with Crippen molar-refractivity contribution in [3.63, 3.8) is 0 Å². The Balaban J connectivity index is 2.39. The fourth-order valence-corrected chi connectivity index (χ4v) is 1.96. The summed E-state index contributed by atoms with van der Waals surface area (Å²) in [6.45, 7) is 1.10. The number of rotatable bonds is 2. The zero-order valence-electron chi connectivity index (χ0n) is 9.17. The Morgan fingerprint density at radius 2 is 1.88 bits per heavy atom. The molecule has 0 amide bonds. The van der Waals surface area contributed by atoms with Crippen molar-refractivity contribution in [2.24, 2.45) is 0 Å². The summed E-state index contributed by atoms with van der Waals surface area (Å²) in [6.07, 6.45) is -2.55. The topological polar surface area (TPSA) is 36.4 Å². The van der Waals surface area contributed by atoms with Crippen LogP contribution < -0.4 is 4.90 Å². The van der Waals surface area contributed by atoms with Gasteiger partial charge in [0.2, 0.25) is 0 Å². The van der Waals surface area contributed by atoms with Crippen LogP contribution in [0, 0.1) is 0 Å². The molecule has 0 spiro atoms. The van der Waals surface area contributed by atoms with E-state index in [0.717, 1.165) is 18.9 Å². The molecule has 1 fully saturated rings. The first-order valence-electron chi connectivity index (χ1n) is 5.45. The Bertz CT molecular complexity index is 400. The third kappa shape index (κ3) is 2.52. The van der Waals surface area contributed by atoms with Crippen LogP contribution in [-0.4, -0.2) is 23.2 Å². The number of halogens is 3. The molecule has 1 aliphatic rings. The lowest BCUT2D eigenvalue weighted by Gasteiger charge is -2.20. The maximum Gasteiger partial charge on any atom is 0.433 e. The van der Waals surface area contributed by atoms with Gasteiger partial charge in [0.05, 0.1) is 6.61 Å². The van der Waals surface area contributed by atoms with Crippen LogP contribution in [0.3, 0.4) is 0 Å². The van der Waals surface area contributed by atoms with E-state index >= 15 is 0 Å². The molecule has 1 saturated heterocycles. The van der Waals surface area contributed by atoms with Gasteiger partial charge in [-0.15, -0.1) is 0 Å². The van der Waals surface area contributed by atoms with Gasteiger partial charge < -0.3 is 10.0 Å². The summed E-state index contributed by atoms with van der Waals surface area (Å²) in [5.41, 5.74) is -0.462. The molecule has 1 aliphatic heterocycles. The summed E-state index contributed by atoms with van der Waals surface area (Å²) in [7, 11) is 0. The van der Waals surface area contributed by atoms with Crippen LogP contribution in [0.25, 0.3) is 0 Å². The van der Waals surface area contributed by atoms with E-state index in [2.05, 4.69) is 4.98 Å².